The molecule has 0 aliphatic rings. The van der Waals surface area contributed by atoms with Crippen LogP contribution in [0.4, 0.5) is 0 Å². The van der Waals surface area contributed by atoms with Gasteiger partial charge in [0.1, 0.15) is 6.61 Å². The predicted molar refractivity (Wildman–Crippen MR) is 71.9 cm³/mol. The van der Waals surface area contributed by atoms with Crippen LogP contribution in [0.5, 0.6) is 0 Å². The van der Waals surface area contributed by atoms with Crippen LogP contribution in [0.2, 0.25) is 0 Å². The summed E-state index contributed by atoms with van der Waals surface area (Å²) in [5, 5.41) is 7.42. The summed E-state index contributed by atoms with van der Waals surface area (Å²) in [5.41, 5.74) is 1.30. The molecule has 0 saturated heterocycles. The number of pyridine rings is 1. The molecule has 5 nitrogen and oxygen atoms in total. The SMILES string of the molecule is CC(=O)O.O=C(OCc1ccccc1)c1[c-]nccc1.[Li+]. The van der Waals surface area contributed by atoms with E-state index in [0.29, 0.717) is 5.56 Å². The van der Waals surface area contributed by atoms with E-state index in [1.54, 1.807) is 18.3 Å². The van der Waals surface area contributed by atoms with Gasteiger partial charge >= 0.3 is 18.9 Å². The number of carboxylic acid groups (broad SMARTS) is 1. The Hall–Kier alpha value is -2.09. The zero-order chi connectivity index (χ0) is 14.8. The van der Waals surface area contributed by atoms with E-state index >= 15 is 0 Å². The Labute approximate surface area is 135 Å². The van der Waals surface area contributed by atoms with Gasteiger partial charge in [-0.25, -0.2) is 0 Å². The second kappa shape index (κ2) is 10.7. The molecule has 0 radical (unpaired) electrons. The van der Waals surface area contributed by atoms with E-state index in [1.165, 1.54) is 0 Å². The van der Waals surface area contributed by atoms with Gasteiger partial charge in [-0.2, -0.15) is 0 Å². The first-order valence-electron chi connectivity index (χ1n) is 5.83. The third-order valence-corrected chi connectivity index (χ3v) is 2.04. The summed E-state index contributed by atoms with van der Waals surface area (Å²) in [6.45, 7) is 1.35. The molecule has 1 N–H and O–H groups in total. The molecule has 0 aliphatic carbocycles. The van der Waals surface area contributed by atoms with Gasteiger partial charge < -0.3 is 19.6 Å². The van der Waals surface area contributed by atoms with E-state index in [4.69, 9.17) is 14.6 Å². The van der Waals surface area contributed by atoms with E-state index in [2.05, 4.69) is 11.2 Å². The van der Waals surface area contributed by atoms with Crippen molar-refractivity contribution in [1.82, 2.24) is 4.98 Å². The molecule has 21 heavy (non-hydrogen) atoms. The number of benzene rings is 1. The number of esters is 1. The van der Waals surface area contributed by atoms with E-state index in [0.717, 1.165) is 12.5 Å². The Balaban J connectivity index is 0.000000715. The van der Waals surface area contributed by atoms with Crippen LogP contribution in [-0.4, -0.2) is 22.0 Å². The maximum absolute atomic E-state index is 11.5. The Morgan fingerprint density at radius 1 is 1.19 bits per heavy atom. The van der Waals surface area contributed by atoms with Crippen molar-refractivity contribution >= 4 is 11.9 Å². The summed E-state index contributed by atoms with van der Waals surface area (Å²) in [5.74, 6) is -1.24. The largest absolute Gasteiger partial charge is 1.00 e. The van der Waals surface area contributed by atoms with Crippen molar-refractivity contribution in [2.24, 2.45) is 0 Å². The molecule has 2 rings (SSSR count). The maximum atomic E-state index is 11.5. The molecule has 0 bridgehead atoms. The van der Waals surface area contributed by atoms with Gasteiger partial charge in [0.25, 0.3) is 11.9 Å². The number of hydrogen-bond acceptors (Lipinski definition) is 4. The molecule has 0 aliphatic heterocycles. The molecular weight excluding hydrogens is 265 g/mol. The molecule has 2 aromatic rings. The minimum absolute atomic E-state index is 0. The van der Waals surface area contributed by atoms with Gasteiger partial charge in [0, 0.05) is 6.92 Å². The van der Waals surface area contributed by atoms with E-state index < -0.39 is 11.9 Å². The minimum atomic E-state index is -0.833. The van der Waals surface area contributed by atoms with Gasteiger partial charge in [-0.05, 0) is 17.3 Å². The summed E-state index contributed by atoms with van der Waals surface area (Å²) in [7, 11) is 0. The Kier molecular flexibility index (Phi) is 9.60. The number of ether oxygens (including phenoxy) is 1. The Bertz CT molecular complexity index is 542. The molecule has 104 valence electrons. The fraction of sp³-hybridized carbons (Fsp3) is 0.133. The maximum Gasteiger partial charge on any atom is 1.00 e. The van der Waals surface area contributed by atoms with Crippen LogP contribution in [0.1, 0.15) is 22.8 Å². The van der Waals surface area contributed by atoms with Crippen LogP contribution in [0.25, 0.3) is 0 Å². The number of carboxylic acids is 1. The zero-order valence-electron chi connectivity index (χ0n) is 11.9. The van der Waals surface area contributed by atoms with Crippen molar-refractivity contribution in [3.63, 3.8) is 0 Å². The van der Waals surface area contributed by atoms with Crippen molar-refractivity contribution in [3.8, 4) is 0 Å². The van der Waals surface area contributed by atoms with Gasteiger partial charge in [0.2, 0.25) is 0 Å². The van der Waals surface area contributed by atoms with Crippen LogP contribution < -0.4 is 18.9 Å². The van der Waals surface area contributed by atoms with Crippen LogP contribution in [-0.2, 0) is 16.1 Å². The molecular formula is C15H14LiNO4. The van der Waals surface area contributed by atoms with E-state index in [-0.39, 0.29) is 25.5 Å². The minimum Gasteiger partial charge on any atom is -0.500 e. The average molecular weight is 279 g/mol. The Morgan fingerprint density at radius 3 is 2.33 bits per heavy atom. The molecule has 6 heteroatoms. The first-order valence-corrected chi connectivity index (χ1v) is 5.83. The molecule has 0 amide bonds. The van der Waals surface area contributed by atoms with Crippen molar-refractivity contribution in [2.75, 3.05) is 0 Å². The van der Waals surface area contributed by atoms with Gasteiger partial charge in [-0.1, -0.05) is 36.5 Å². The van der Waals surface area contributed by atoms with Crippen LogP contribution >= 0.6 is 0 Å². The summed E-state index contributed by atoms with van der Waals surface area (Å²) in [6, 6.07) is 12.8. The fourth-order valence-corrected chi connectivity index (χ4v) is 1.24. The van der Waals surface area contributed by atoms with Crippen molar-refractivity contribution in [1.29, 1.82) is 0 Å². The summed E-state index contributed by atoms with van der Waals surface area (Å²) in [4.78, 5) is 24.3. The molecule has 0 atom stereocenters. The normalized spacial score (nSPS) is 8.62. The number of aliphatic carboxylic acids is 1. The number of carbonyl (C=O) groups is 2. The molecule has 0 saturated carbocycles. The third-order valence-electron chi connectivity index (χ3n) is 2.04. The van der Waals surface area contributed by atoms with Gasteiger partial charge in [0.15, 0.2) is 0 Å². The van der Waals surface area contributed by atoms with Crippen molar-refractivity contribution in [2.45, 2.75) is 13.5 Å². The number of hydrogen-bond donors (Lipinski definition) is 1. The monoisotopic (exact) mass is 279 g/mol. The van der Waals surface area contributed by atoms with Crippen LogP contribution in [0, 0.1) is 6.20 Å². The van der Waals surface area contributed by atoms with Gasteiger partial charge in [-0.15, -0.1) is 12.1 Å². The smallest absolute Gasteiger partial charge is 0.500 e. The summed E-state index contributed by atoms with van der Waals surface area (Å²) < 4.78 is 5.10. The topological polar surface area (TPSA) is 76.5 Å². The third kappa shape index (κ3) is 8.64. The predicted octanol–water partition coefficient (Wildman–Crippen LogP) is -0.666. The zero-order valence-corrected chi connectivity index (χ0v) is 11.9. The molecule has 0 fully saturated rings. The number of rotatable bonds is 3. The first kappa shape index (κ1) is 18.9. The quantitative estimate of drug-likeness (QED) is 0.458. The van der Waals surface area contributed by atoms with Crippen molar-refractivity contribution < 1.29 is 38.3 Å². The van der Waals surface area contributed by atoms with Gasteiger partial charge in [-0.3, -0.25) is 4.79 Å². The molecule has 1 heterocycles. The van der Waals surface area contributed by atoms with Gasteiger partial charge in [0.05, 0.1) is 0 Å². The molecule has 1 aromatic carbocycles. The summed E-state index contributed by atoms with van der Waals surface area (Å²) in [6.07, 6.45) is 4.14. The van der Waals surface area contributed by atoms with Crippen LogP contribution in [0.3, 0.4) is 0 Å². The number of aromatic nitrogens is 1. The number of carbonyl (C=O) groups excluding carboxylic acids is 1. The second-order valence-electron chi connectivity index (χ2n) is 3.74. The standard InChI is InChI=1S/C13H10NO2.C2H4O2.Li/c15-13(12-7-4-8-14-9-12)16-10-11-5-2-1-3-6-11;1-2(3)4;/h1-8H,10H2;1H3,(H,3,4);/q-1;;+1. The molecule has 0 unspecified atom stereocenters. The van der Waals surface area contributed by atoms with Crippen molar-refractivity contribution in [3.05, 3.63) is 66.0 Å². The fourth-order valence-electron chi connectivity index (χ4n) is 1.24. The van der Waals surface area contributed by atoms with E-state index in [9.17, 15) is 4.79 Å². The Morgan fingerprint density at radius 2 is 1.81 bits per heavy atom. The first-order chi connectivity index (χ1) is 9.59. The average Bonchev–Trinajstić information content (AvgIpc) is 2.46. The number of nitrogens with zero attached hydrogens (tertiary/aromatic N) is 1. The van der Waals surface area contributed by atoms with Crippen LogP contribution in [0.15, 0.2) is 48.7 Å². The molecule has 1 aromatic heterocycles. The molecule has 0 spiro atoms. The summed E-state index contributed by atoms with van der Waals surface area (Å²) >= 11 is 0. The van der Waals surface area contributed by atoms with E-state index in [1.807, 2.05) is 30.3 Å². The second-order valence-corrected chi connectivity index (χ2v) is 3.74.